The van der Waals surface area contributed by atoms with Gasteiger partial charge in [0.05, 0.1) is 6.61 Å². The van der Waals surface area contributed by atoms with E-state index in [1.54, 1.807) is 7.05 Å². The van der Waals surface area contributed by atoms with E-state index in [0.717, 1.165) is 0 Å². The fourth-order valence-electron chi connectivity index (χ4n) is 1.10. The van der Waals surface area contributed by atoms with Gasteiger partial charge in [0, 0.05) is 19.2 Å². The molecule has 1 aromatic carbocycles. The van der Waals surface area contributed by atoms with E-state index in [1.807, 2.05) is 0 Å². The van der Waals surface area contributed by atoms with E-state index in [4.69, 9.17) is 5.90 Å². The molecule has 0 saturated heterocycles. The lowest BCUT2D eigenvalue weighted by atomic mass is 10.2. The van der Waals surface area contributed by atoms with Gasteiger partial charge in [-0.2, -0.15) is 0 Å². The lowest BCUT2D eigenvalue weighted by Crippen LogP contribution is -2.30. The Kier molecular flexibility index (Phi) is 4.20. The minimum atomic E-state index is -0.362. The van der Waals surface area contributed by atoms with Crippen LogP contribution < -0.4 is 5.90 Å². The highest BCUT2D eigenvalue weighted by atomic mass is 19.1. The quantitative estimate of drug-likeness (QED) is 0.751. The summed E-state index contributed by atoms with van der Waals surface area (Å²) >= 11 is 0. The lowest BCUT2D eigenvalue weighted by Gasteiger charge is -2.16. The molecule has 0 aliphatic rings. The van der Waals surface area contributed by atoms with E-state index in [1.165, 1.54) is 29.2 Å². The zero-order valence-corrected chi connectivity index (χ0v) is 8.44. The van der Waals surface area contributed by atoms with Crippen molar-refractivity contribution in [2.24, 2.45) is 5.90 Å². The van der Waals surface area contributed by atoms with Crippen LogP contribution in [-0.2, 0) is 4.84 Å². The number of rotatable bonds is 4. The van der Waals surface area contributed by atoms with Crippen LogP contribution in [0.15, 0.2) is 24.3 Å². The van der Waals surface area contributed by atoms with E-state index >= 15 is 0 Å². The number of benzene rings is 1. The van der Waals surface area contributed by atoms with Gasteiger partial charge in [-0.25, -0.2) is 10.3 Å². The summed E-state index contributed by atoms with van der Waals surface area (Å²) in [6, 6.07) is 5.38. The van der Waals surface area contributed by atoms with Crippen molar-refractivity contribution in [3.05, 3.63) is 35.6 Å². The zero-order chi connectivity index (χ0) is 11.3. The third kappa shape index (κ3) is 3.30. The molecule has 2 N–H and O–H groups in total. The number of carbonyl (C=O) groups is 1. The van der Waals surface area contributed by atoms with Crippen molar-refractivity contribution in [3.8, 4) is 0 Å². The Morgan fingerprint density at radius 3 is 2.60 bits per heavy atom. The van der Waals surface area contributed by atoms with Crippen molar-refractivity contribution in [1.82, 2.24) is 4.90 Å². The molecule has 0 bridgehead atoms. The van der Waals surface area contributed by atoms with Crippen LogP contribution in [0.5, 0.6) is 0 Å². The second-order valence-electron chi connectivity index (χ2n) is 3.10. The van der Waals surface area contributed by atoms with Crippen LogP contribution in [0.4, 0.5) is 4.39 Å². The smallest absolute Gasteiger partial charge is 0.253 e. The third-order valence-corrected chi connectivity index (χ3v) is 1.98. The first-order valence-corrected chi connectivity index (χ1v) is 4.48. The average Bonchev–Trinajstić information content (AvgIpc) is 2.26. The minimum absolute atomic E-state index is 0.188. The summed E-state index contributed by atoms with van der Waals surface area (Å²) in [5.74, 6) is 4.30. The molecule has 1 amide bonds. The molecule has 82 valence electrons. The van der Waals surface area contributed by atoms with Gasteiger partial charge < -0.3 is 9.74 Å². The molecule has 0 unspecified atom stereocenters. The van der Waals surface area contributed by atoms with E-state index in [2.05, 4.69) is 4.84 Å². The number of nitrogens with zero attached hydrogens (tertiary/aromatic N) is 1. The molecule has 1 rings (SSSR count). The number of halogens is 1. The summed E-state index contributed by atoms with van der Waals surface area (Å²) < 4.78 is 12.6. The van der Waals surface area contributed by atoms with Gasteiger partial charge in [0.2, 0.25) is 0 Å². The second-order valence-corrected chi connectivity index (χ2v) is 3.10. The largest absolute Gasteiger partial charge is 0.339 e. The Morgan fingerprint density at radius 2 is 2.07 bits per heavy atom. The molecule has 0 spiro atoms. The zero-order valence-electron chi connectivity index (χ0n) is 8.44. The van der Waals surface area contributed by atoms with E-state index < -0.39 is 0 Å². The molecule has 0 aromatic heterocycles. The fourth-order valence-corrected chi connectivity index (χ4v) is 1.10. The van der Waals surface area contributed by atoms with Crippen LogP contribution in [0.2, 0.25) is 0 Å². The van der Waals surface area contributed by atoms with Crippen molar-refractivity contribution < 1.29 is 14.0 Å². The van der Waals surface area contributed by atoms with Crippen molar-refractivity contribution in [2.75, 3.05) is 20.2 Å². The summed E-state index contributed by atoms with van der Waals surface area (Å²) in [4.78, 5) is 17.5. The number of carbonyl (C=O) groups excluding carboxylic acids is 1. The number of likely N-dealkylation sites (N-methyl/N-ethyl adjacent to an activating group) is 1. The van der Waals surface area contributed by atoms with Gasteiger partial charge in [-0.15, -0.1) is 0 Å². The minimum Gasteiger partial charge on any atom is -0.339 e. The first-order valence-electron chi connectivity index (χ1n) is 4.48. The summed E-state index contributed by atoms with van der Waals surface area (Å²) in [6.45, 7) is 0.663. The van der Waals surface area contributed by atoms with E-state index in [0.29, 0.717) is 12.1 Å². The molecule has 15 heavy (non-hydrogen) atoms. The Labute approximate surface area is 87.4 Å². The molecule has 0 saturated carbocycles. The van der Waals surface area contributed by atoms with Gasteiger partial charge in [0.25, 0.3) is 5.91 Å². The Morgan fingerprint density at radius 1 is 1.47 bits per heavy atom. The van der Waals surface area contributed by atoms with Crippen LogP contribution in [0, 0.1) is 5.82 Å². The Balaban J connectivity index is 2.63. The maximum absolute atomic E-state index is 12.6. The molecule has 0 aliphatic heterocycles. The van der Waals surface area contributed by atoms with Gasteiger partial charge in [-0.1, -0.05) is 0 Å². The van der Waals surface area contributed by atoms with E-state index in [-0.39, 0.29) is 18.3 Å². The average molecular weight is 212 g/mol. The topological polar surface area (TPSA) is 55.6 Å². The van der Waals surface area contributed by atoms with Crippen LogP contribution in [-0.4, -0.2) is 31.0 Å². The molecule has 0 aliphatic carbocycles. The Hall–Kier alpha value is -1.46. The lowest BCUT2D eigenvalue weighted by molar-refractivity contribution is 0.0697. The molecular formula is C10H13FN2O2. The van der Waals surface area contributed by atoms with Crippen LogP contribution in [0.25, 0.3) is 0 Å². The fraction of sp³-hybridized carbons (Fsp3) is 0.300. The van der Waals surface area contributed by atoms with Crippen molar-refractivity contribution in [1.29, 1.82) is 0 Å². The Bertz CT molecular complexity index is 327. The van der Waals surface area contributed by atoms with Crippen molar-refractivity contribution >= 4 is 5.91 Å². The number of nitrogens with two attached hydrogens (primary N) is 1. The number of hydrogen-bond acceptors (Lipinski definition) is 3. The number of hydrogen-bond donors (Lipinski definition) is 1. The summed E-state index contributed by atoms with van der Waals surface area (Å²) in [5.41, 5.74) is 0.441. The van der Waals surface area contributed by atoms with Gasteiger partial charge in [0.1, 0.15) is 5.82 Å². The summed E-state index contributed by atoms with van der Waals surface area (Å²) in [5, 5.41) is 0. The molecule has 0 atom stereocenters. The highest BCUT2D eigenvalue weighted by Gasteiger charge is 2.10. The van der Waals surface area contributed by atoms with E-state index in [9.17, 15) is 9.18 Å². The maximum Gasteiger partial charge on any atom is 0.253 e. The number of amides is 1. The normalized spacial score (nSPS) is 10.1. The SMILES string of the molecule is CN(CCON)C(=O)c1ccc(F)cc1. The predicted octanol–water partition coefficient (Wildman–Crippen LogP) is 0.788. The van der Waals surface area contributed by atoms with Gasteiger partial charge >= 0.3 is 0 Å². The highest BCUT2D eigenvalue weighted by Crippen LogP contribution is 2.05. The summed E-state index contributed by atoms with van der Waals surface area (Å²) in [6.07, 6.45) is 0. The molecular weight excluding hydrogens is 199 g/mol. The van der Waals surface area contributed by atoms with Gasteiger partial charge in [-0.05, 0) is 24.3 Å². The maximum atomic E-state index is 12.6. The van der Waals surface area contributed by atoms with Crippen LogP contribution >= 0.6 is 0 Å². The predicted molar refractivity (Wildman–Crippen MR) is 53.5 cm³/mol. The molecule has 0 heterocycles. The first kappa shape index (κ1) is 11.6. The highest BCUT2D eigenvalue weighted by molar-refractivity contribution is 5.93. The summed E-state index contributed by atoms with van der Waals surface area (Å²) in [7, 11) is 1.63. The monoisotopic (exact) mass is 212 g/mol. The molecule has 0 radical (unpaired) electrons. The first-order chi connectivity index (χ1) is 7.15. The van der Waals surface area contributed by atoms with Gasteiger partial charge in [0.15, 0.2) is 0 Å². The second kappa shape index (κ2) is 5.43. The molecule has 1 aromatic rings. The van der Waals surface area contributed by atoms with Gasteiger partial charge in [-0.3, -0.25) is 4.79 Å². The van der Waals surface area contributed by atoms with Crippen LogP contribution in [0.3, 0.4) is 0 Å². The molecule has 0 fully saturated rings. The molecule has 4 nitrogen and oxygen atoms in total. The standard InChI is InChI=1S/C10H13FN2O2/c1-13(6-7-15-12)10(14)8-2-4-9(11)5-3-8/h2-5H,6-7,12H2,1H3. The van der Waals surface area contributed by atoms with Crippen molar-refractivity contribution in [3.63, 3.8) is 0 Å². The molecule has 5 heteroatoms. The van der Waals surface area contributed by atoms with Crippen molar-refractivity contribution in [2.45, 2.75) is 0 Å². The van der Waals surface area contributed by atoms with Crippen LogP contribution in [0.1, 0.15) is 10.4 Å². The third-order valence-electron chi connectivity index (χ3n) is 1.98.